The van der Waals surface area contributed by atoms with Gasteiger partial charge in [0.15, 0.2) is 5.69 Å². The van der Waals surface area contributed by atoms with Crippen molar-refractivity contribution in [2.24, 2.45) is 0 Å². The Kier molecular flexibility index (Phi) is 3.15. The highest BCUT2D eigenvalue weighted by Gasteiger charge is 2.20. The van der Waals surface area contributed by atoms with E-state index in [2.05, 4.69) is 14.9 Å². The number of hydrogen-bond acceptors (Lipinski definition) is 7. The van der Waals surface area contributed by atoms with Crippen molar-refractivity contribution in [3.05, 3.63) is 39.4 Å². The van der Waals surface area contributed by atoms with Gasteiger partial charge >= 0.3 is 0 Å². The Morgan fingerprint density at radius 1 is 1.50 bits per heavy atom. The lowest BCUT2D eigenvalue weighted by Crippen LogP contribution is -2.11. The molecule has 1 aromatic carbocycles. The normalized spacial score (nSPS) is 10.0. The number of rotatable bonds is 3. The molecule has 0 saturated heterocycles. The lowest BCUT2D eigenvalue weighted by atomic mass is 10.2. The van der Waals surface area contributed by atoms with E-state index >= 15 is 0 Å². The fourth-order valence-corrected chi connectivity index (χ4v) is 1.66. The lowest BCUT2D eigenvalue weighted by Gasteiger charge is -2.05. The molecule has 2 N–H and O–H groups in total. The number of nitro groups is 1. The van der Waals surface area contributed by atoms with Gasteiger partial charge in [0.05, 0.1) is 11.1 Å². The third kappa shape index (κ3) is 2.25. The average molecular weight is 266 g/mol. The van der Waals surface area contributed by atoms with Gasteiger partial charge in [-0.25, -0.2) is 0 Å². The van der Waals surface area contributed by atoms with Crippen LogP contribution in [0.4, 0.5) is 11.4 Å². The summed E-state index contributed by atoms with van der Waals surface area (Å²) in [6.45, 7) is 0. The topological polar surface area (TPSA) is 118 Å². The highest BCUT2D eigenvalue weighted by Crippen LogP contribution is 2.33. The van der Waals surface area contributed by atoms with Crippen LogP contribution >= 0.6 is 11.5 Å². The molecule has 0 unspecified atom stereocenters. The van der Waals surface area contributed by atoms with Crippen LogP contribution in [-0.4, -0.2) is 25.5 Å². The molecule has 0 radical (unpaired) electrons. The van der Waals surface area contributed by atoms with Crippen molar-refractivity contribution in [1.29, 1.82) is 0 Å². The largest absolute Gasteiger partial charge is 0.505 e. The summed E-state index contributed by atoms with van der Waals surface area (Å²) in [7, 11) is 0. The van der Waals surface area contributed by atoms with Crippen molar-refractivity contribution in [3.63, 3.8) is 0 Å². The number of para-hydroxylation sites is 1. The fourth-order valence-electron chi connectivity index (χ4n) is 1.25. The van der Waals surface area contributed by atoms with Crippen LogP contribution < -0.4 is 5.32 Å². The number of amides is 1. The first-order chi connectivity index (χ1) is 8.59. The van der Waals surface area contributed by atoms with E-state index < -0.39 is 10.8 Å². The summed E-state index contributed by atoms with van der Waals surface area (Å²) < 4.78 is 3.50. The van der Waals surface area contributed by atoms with Crippen LogP contribution in [0.1, 0.15) is 9.67 Å². The summed E-state index contributed by atoms with van der Waals surface area (Å²) in [5.41, 5.74) is -0.637. The Morgan fingerprint density at radius 2 is 2.28 bits per heavy atom. The van der Waals surface area contributed by atoms with Crippen LogP contribution in [-0.2, 0) is 0 Å². The van der Waals surface area contributed by atoms with Gasteiger partial charge in [-0.05, 0) is 17.6 Å². The molecule has 0 aliphatic carbocycles. The number of nitrogens with zero attached hydrogens (tertiary/aromatic N) is 3. The molecule has 0 atom stereocenters. The minimum atomic E-state index is -0.694. The van der Waals surface area contributed by atoms with Gasteiger partial charge in [-0.1, -0.05) is 10.6 Å². The number of anilines is 1. The summed E-state index contributed by atoms with van der Waals surface area (Å²) in [6.07, 6.45) is 1.23. The van der Waals surface area contributed by atoms with E-state index in [9.17, 15) is 20.0 Å². The second-order valence-corrected chi connectivity index (χ2v) is 3.95. The minimum Gasteiger partial charge on any atom is -0.505 e. The summed E-state index contributed by atoms with van der Waals surface area (Å²) >= 11 is 0.846. The van der Waals surface area contributed by atoms with Crippen LogP contribution in [0.3, 0.4) is 0 Å². The number of phenols is 1. The van der Waals surface area contributed by atoms with E-state index in [4.69, 9.17) is 0 Å². The van der Waals surface area contributed by atoms with Gasteiger partial charge in [0.1, 0.15) is 10.6 Å². The zero-order chi connectivity index (χ0) is 13.1. The molecule has 0 saturated carbocycles. The number of carbonyl (C=O) groups excluding carboxylic acids is 1. The van der Waals surface area contributed by atoms with Crippen LogP contribution in [0.5, 0.6) is 5.75 Å². The molecule has 1 amide bonds. The van der Waals surface area contributed by atoms with Crippen molar-refractivity contribution in [2.45, 2.75) is 0 Å². The lowest BCUT2D eigenvalue weighted by molar-refractivity contribution is -0.384. The maximum atomic E-state index is 11.7. The van der Waals surface area contributed by atoms with Gasteiger partial charge in [-0.2, -0.15) is 0 Å². The van der Waals surface area contributed by atoms with Crippen molar-refractivity contribution in [1.82, 2.24) is 9.59 Å². The number of hydrogen-bond donors (Lipinski definition) is 2. The first kappa shape index (κ1) is 11.9. The van der Waals surface area contributed by atoms with Crippen LogP contribution in [0.25, 0.3) is 0 Å². The van der Waals surface area contributed by atoms with Gasteiger partial charge in [0.2, 0.25) is 0 Å². The Morgan fingerprint density at radius 3 is 2.89 bits per heavy atom. The maximum absolute atomic E-state index is 11.7. The second kappa shape index (κ2) is 4.75. The fraction of sp³-hybridized carbons (Fsp3) is 0. The summed E-state index contributed by atoms with van der Waals surface area (Å²) in [6, 6.07) is 3.74. The molecule has 0 fully saturated rings. The molecule has 2 aromatic rings. The smallest absolute Gasteiger partial charge is 0.296 e. The molecule has 0 aliphatic rings. The summed E-state index contributed by atoms with van der Waals surface area (Å²) in [5, 5.41) is 26.0. The molecule has 8 nitrogen and oxygen atoms in total. The van der Waals surface area contributed by atoms with Gasteiger partial charge < -0.3 is 10.4 Å². The highest BCUT2D eigenvalue weighted by atomic mass is 32.1. The zero-order valence-corrected chi connectivity index (χ0v) is 9.55. The predicted octanol–water partition coefficient (Wildman–Crippen LogP) is 1.40. The van der Waals surface area contributed by atoms with E-state index in [-0.39, 0.29) is 22.0 Å². The summed E-state index contributed by atoms with van der Waals surface area (Å²) in [4.78, 5) is 21.9. The monoisotopic (exact) mass is 266 g/mol. The molecule has 18 heavy (non-hydrogen) atoms. The number of aromatic hydroxyl groups is 1. The van der Waals surface area contributed by atoms with Crippen molar-refractivity contribution in [3.8, 4) is 5.75 Å². The highest BCUT2D eigenvalue weighted by molar-refractivity contribution is 7.07. The van der Waals surface area contributed by atoms with Crippen molar-refractivity contribution < 1.29 is 14.8 Å². The van der Waals surface area contributed by atoms with Crippen LogP contribution in [0.2, 0.25) is 0 Å². The molecular formula is C9H6N4O4S. The molecular weight excluding hydrogens is 260 g/mol. The standard InChI is InChI=1S/C9H6N4O4S/c14-6-3-1-2-5(13(16)17)8(6)11-9(15)7-4-10-12-18-7/h1-4,14H,(H,11,15). The molecule has 9 heteroatoms. The van der Waals surface area contributed by atoms with E-state index in [1.54, 1.807) is 0 Å². The van der Waals surface area contributed by atoms with Crippen molar-refractivity contribution >= 4 is 28.8 Å². The molecule has 1 aromatic heterocycles. The molecule has 92 valence electrons. The Balaban J connectivity index is 2.34. The number of benzene rings is 1. The van der Waals surface area contributed by atoms with E-state index in [1.807, 2.05) is 0 Å². The Labute approximate surface area is 104 Å². The molecule has 0 spiro atoms. The van der Waals surface area contributed by atoms with Gasteiger partial charge in [0, 0.05) is 6.07 Å². The number of nitro benzene ring substituents is 1. The van der Waals surface area contributed by atoms with Crippen molar-refractivity contribution in [2.75, 3.05) is 5.32 Å². The van der Waals surface area contributed by atoms with E-state index in [0.717, 1.165) is 11.5 Å². The average Bonchev–Trinajstić information content (AvgIpc) is 2.85. The SMILES string of the molecule is O=C(Nc1c(O)cccc1[N+](=O)[O-])c1cnns1. The van der Waals surface area contributed by atoms with E-state index in [1.165, 1.54) is 24.4 Å². The number of aromatic nitrogens is 2. The number of nitrogens with one attached hydrogen (secondary N) is 1. The van der Waals surface area contributed by atoms with E-state index in [0.29, 0.717) is 0 Å². The predicted molar refractivity (Wildman–Crippen MR) is 62.6 cm³/mol. The quantitative estimate of drug-likeness (QED) is 0.492. The molecule has 0 bridgehead atoms. The number of phenolic OH excluding ortho intramolecular Hbond substituents is 1. The van der Waals surface area contributed by atoms with Gasteiger partial charge in [-0.15, -0.1) is 5.10 Å². The third-order valence-electron chi connectivity index (χ3n) is 2.04. The first-order valence-corrected chi connectivity index (χ1v) is 5.42. The first-order valence-electron chi connectivity index (χ1n) is 4.64. The second-order valence-electron chi connectivity index (χ2n) is 3.16. The number of carbonyl (C=O) groups is 1. The van der Waals surface area contributed by atoms with Crippen LogP contribution in [0.15, 0.2) is 24.4 Å². The maximum Gasteiger partial charge on any atom is 0.296 e. The van der Waals surface area contributed by atoms with Crippen LogP contribution in [0, 0.1) is 10.1 Å². The minimum absolute atomic E-state index is 0.188. The van der Waals surface area contributed by atoms with Gasteiger partial charge in [-0.3, -0.25) is 14.9 Å². The summed E-state index contributed by atoms with van der Waals surface area (Å²) in [5.74, 6) is -0.996. The molecule has 2 rings (SSSR count). The molecule has 1 heterocycles. The Hall–Kier alpha value is -2.55. The zero-order valence-electron chi connectivity index (χ0n) is 8.73. The van der Waals surface area contributed by atoms with Gasteiger partial charge in [0.25, 0.3) is 11.6 Å². The third-order valence-corrected chi connectivity index (χ3v) is 2.70. The Bertz CT molecular complexity index is 599. The molecule has 0 aliphatic heterocycles.